The summed E-state index contributed by atoms with van der Waals surface area (Å²) in [6, 6.07) is 1.04. The van der Waals surface area contributed by atoms with E-state index in [9.17, 15) is 9.50 Å². The zero-order valence-corrected chi connectivity index (χ0v) is 8.64. The van der Waals surface area contributed by atoms with Gasteiger partial charge in [0.25, 0.3) is 0 Å². The van der Waals surface area contributed by atoms with Gasteiger partial charge in [0.2, 0.25) is 0 Å². The van der Waals surface area contributed by atoms with Gasteiger partial charge < -0.3 is 10.4 Å². The monoisotopic (exact) mass is 201 g/mol. The van der Waals surface area contributed by atoms with Crippen molar-refractivity contribution in [2.24, 2.45) is 0 Å². The molecular formula is C11H20FNO. The van der Waals surface area contributed by atoms with Crippen LogP contribution in [0.4, 0.5) is 4.39 Å². The van der Waals surface area contributed by atoms with E-state index in [1.807, 2.05) is 0 Å². The molecule has 2 unspecified atom stereocenters. The van der Waals surface area contributed by atoms with Crippen molar-refractivity contribution in [3.05, 3.63) is 0 Å². The molecule has 0 aromatic carbocycles. The van der Waals surface area contributed by atoms with E-state index in [1.54, 1.807) is 0 Å². The van der Waals surface area contributed by atoms with Gasteiger partial charge in [0, 0.05) is 12.1 Å². The van der Waals surface area contributed by atoms with Gasteiger partial charge in [-0.1, -0.05) is 0 Å². The lowest BCUT2D eigenvalue weighted by atomic mass is 9.83. The van der Waals surface area contributed by atoms with Crippen molar-refractivity contribution in [3.63, 3.8) is 0 Å². The molecule has 2 aliphatic rings. The fourth-order valence-electron chi connectivity index (χ4n) is 2.98. The van der Waals surface area contributed by atoms with Gasteiger partial charge in [-0.15, -0.1) is 0 Å². The Morgan fingerprint density at radius 1 is 1.21 bits per heavy atom. The van der Waals surface area contributed by atoms with Crippen molar-refractivity contribution in [2.75, 3.05) is 6.67 Å². The second-order valence-corrected chi connectivity index (χ2v) is 4.92. The summed E-state index contributed by atoms with van der Waals surface area (Å²) in [6.45, 7) is -0.249. The fraction of sp³-hybridized carbons (Fsp3) is 1.00. The van der Waals surface area contributed by atoms with Gasteiger partial charge in [-0.25, -0.2) is 0 Å². The van der Waals surface area contributed by atoms with E-state index >= 15 is 0 Å². The van der Waals surface area contributed by atoms with Crippen molar-refractivity contribution in [2.45, 2.75) is 62.6 Å². The van der Waals surface area contributed by atoms with E-state index in [1.165, 1.54) is 12.8 Å². The second-order valence-electron chi connectivity index (χ2n) is 4.92. The predicted octanol–water partition coefficient (Wildman–Crippen LogP) is 1.77. The summed E-state index contributed by atoms with van der Waals surface area (Å²) in [4.78, 5) is 0. The topological polar surface area (TPSA) is 32.3 Å². The van der Waals surface area contributed by atoms with E-state index in [2.05, 4.69) is 5.32 Å². The molecule has 0 radical (unpaired) electrons. The Labute approximate surface area is 84.9 Å². The zero-order valence-electron chi connectivity index (χ0n) is 8.64. The quantitative estimate of drug-likeness (QED) is 0.679. The molecular weight excluding hydrogens is 181 g/mol. The zero-order chi connectivity index (χ0) is 10.0. The largest absolute Gasteiger partial charge is 0.390 e. The molecule has 3 heteroatoms. The molecule has 0 aromatic heterocycles. The van der Waals surface area contributed by atoms with E-state index in [0.717, 1.165) is 25.7 Å². The average Bonchev–Trinajstić information content (AvgIpc) is 2.46. The lowest BCUT2D eigenvalue weighted by Gasteiger charge is -2.37. The minimum absolute atomic E-state index is 0.249. The molecule has 2 aliphatic heterocycles. The first-order chi connectivity index (χ1) is 6.72. The maximum Gasteiger partial charge on any atom is 0.0894 e. The molecule has 2 heterocycles. The molecule has 0 aliphatic carbocycles. The highest BCUT2D eigenvalue weighted by Gasteiger charge is 2.41. The first-order valence-corrected chi connectivity index (χ1v) is 5.76. The predicted molar refractivity (Wildman–Crippen MR) is 54.0 cm³/mol. The van der Waals surface area contributed by atoms with Crippen LogP contribution < -0.4 is 5.32 Å². The van der Waals surface area contributed by atoms with Crippen molar-refractivity contribution in [1.29, 1.82) is 0 Å². The Morgan fingerprint density at radius 2 is 1.86 bits per heavy atom. The van der Waals surface area contributed by atoms with Gasteiger partial charge in [-0.05, 0) is 44.9 Å². The highest BCUT2D eigenvalue weighted by atomic mass is 19.1. The minimum atomic E-state index is -0.494. The lowest BCUT2D eigenvalue weighted by molar-refractivity contribution is -0.0160. The van der Waals surface area contributed by atoms with E-state index in [4.69, 9.17) is 0 Å². The molecule has 0 amide bonds. The minimum Gasteiger partial charge on any atom is -0.390 e. The molecule has 2 rings (SSSR count). The number of aliphatic hydroxyl groups is 1. The number of rotatable bonds is 4. The second kappa shape index (κ2) is 4.15. The average molecular weight is 201 g/mol. The van der Waals surface area contributed by atoms with E-state index < -0.39 is 5.60 Å². The highest BCUT2D eigenvalue weighted by Crippen LogP contribution is 2.36. The molecule has 2 saturated heterocycles. The molecule has 2 N–H and O–H groups in total. The van der Waals surface area contributed by atoms with Gasteiger partial charge in [-0.2, -0.15) is 0 Å². The van der Waals surface area contributed by atoms with Crippen molar-refractivity contribution < 1.29 is 9.50 Å². The van der Waals surface area contributed by atoms with Gasteiger partial charge in [0.05, 0.1) is 12.3 Å². The summed E-state index contributed by atoms with van der Waals surface area (Å²) >= 11 is 0. The Morgan fingerprint density at radius 3 is 2.43 bits per heavy atom. The van der Waals surface area contributed by atoms with Crippen molar-refractivity contribution >= 4 is 0 Å². The van der Waals surface area contributed by atoms with Gasteiger partial charge in [0.1, 0.15) is 0 Å². The first-order valence-electron chi connectivity index (χ1n) is 5.76. The van der Waals surface area contributed by atoms with Crippen LogP contribution in [0.15, 0.2) is 0 Å². The summed E-state index contributed by atoms with van der Waals surface area (Å²) in [5.41, 5.74) is -0.494. The fourth-order valence-corrected chi connectivity index (χ4v) is 2.98. The van der Waals surface area contributed by atoms with Crippen LogP contribution in [0, 0.1) is 0 Å². The van der Waals surface area contributed by atoms with Crippen LogP contribution >= 0.6 is 0 Å². The summed E-state index contributed by atoms with van der Waals surface area (Å²) in [5.74, 6) is 0. The summed E-state index contributed by atoms with van der Waals surface area (Å²) in [5, 5.41) is 13.8. The smallest absolute Gasteiger partial charge is 0.0894 e. The molecule has 2 fully saturated rings. The Balaban J connectivity index is 1.83. The molecule has 0 saturated carbocycles. The van der Waals surface area contributed by atoms with Crippen LogP contribution in [-0.4, -0.2) is 29.5 Å². The number of nitrogens with one attached hydrogen (secondary N) is 1. The number of hydrogen-bond donors (Lipinski definition) is 2. The number of piperidine rings is 1. The third kappa shape index (κ3) is 2.26. The maximum absolute atomic E-state index is 11.9. The number of alkyl halides is 1. The molecule has 2 nitrogen and oxygen atoms in total. The summed E-state index contributed by atoms with van der Waals surface area (Å²) in [7, 11) is 0. The molecule has 82 valence electrons. The standard InChI is InChI=1S/C11H20FNO/c12-6-2-1-5-11(14)7-9-3-4-10(8-11)13-9/h9-10,13-14H,1-8H2. The Kier molecular flexibility index (Phi) is 3.07. The number of halogens is 1. The van der Waals surface area contributed by atoms with E-state index in [-0.39, 0.29) is 6.67 Å². The summed E-state index contributed by atoms with van der Waals surface area (Å²) in [6.07, 6.45) is 6.36. The highest BCUT2D eigenvalue weighted by molar-refractivity contribution is 4.99. The third-order valence-electron chi connectivity index (χ3n) is 3.61. The number of fused-ring (bicyclic) bond motifs is 2. The molecule has 2 atom stereocenters. The summed E-state index contributed by atoms with van der Waals surface area (Å²) < 4.78 is 11.9. The van der Waals surface area contributed by atoms with E-state index in [0.29, 0.717) is 18.5 Å². The van der Waals surface area contributed by atoms with Crippen molar-refractivity contribution in [1.82, 2.24) is 5.32 Å². The maximum atomic E-state index is 11.9. The van der Waals surface area contributed by atoms with Crippen molar-refractivity contribution in [3.8, 4) is 0 Å². The van der Waals surface area contributed by atoms with Gasteiger partial charge in [0.15, 0.2) is 0 Å². The number of unbranched alkanes of at least 4 members (excludes halogenated alkanes) is 1. The SMILES string of the molecule is OC1(CCCCF)CC2CCC(C1)N2. The first kappa shape index (κ1) is 10.4. The van der Waals surface area contributed by atoms with Crippen LogP contribution in [0.3, 0.4) is 0 Å². The van der Waals surface area contributed by atoms with Crippen LogP contribution in [0.5, 0.6) is 0 Å². The van der Waals surface area contributed by atoms with Gasteiger partial charge >= 0.3 is 0 Å². The number of hydrogen-bond acceptors (Lipinski definition) is 2. The molecule has 2 bridgehead atoms. The van der Waals surface area contributed by atoms with Crippen LogP contribution in [0.2, 0.25) is 0 Å². The Bertz CT molecular complexity index is 186. The Hall–Kier alpha value is -0.150. The van der Waals surface area contributed by atoms with Crippen LogP contribution in [0.1, 0.15) is 44.9 Å². The van der Waals surface area contributed by atoms with Crippen LogP contribution in [-0.2, 0) is 0 Å². The molecule has 0 aromatic rings. The van der Waals surface area contributed by atoms with Gasteiger partial charge in [-0.3, -0.25) is 4.39 Å². The van der Waals surface area contributed by atoms with Crippen LogP contribution in [0.25, 0.3) is 0 Å². The third-order valence-corrected chi connectivity index (χ3v) is 3.61. The lowest BCUT2D eigenvalue weighted by Crippen LogP contribution is -2.48. The normalized spacial score (nSPS) is 41.6. The molecule has 14 heavy (non-hydrogen) atoms. The molecule has 0 spiro atoms.